The van der Waals surface area contributed by atoms with Crippen molar-refractivity contribution in [1.82, 2.24) is 10.2 Å². The molecule has 0 amide bonds. The molecule has 1 saturated heterocycles. The van der Waals surface area contributed by atoms with Gasteiger partial charge in [-0.05, 0) is 37.6 Å². The molecule has 1 aliphatic heterocycles. The van der Waals surface area contributed by atoms with Gasteiger partial charge in [0.05, 0.1) is 6.54 Å². The van der Waals surface area contributed by atoms with Gasteiger partial charge in [0.25, 0.3) is 0 Å². The van der Waals surface area contributed by atoms with Crippen LogP contribution in [0.2, 0.25) is 0 Å². The van der Waals surface area contributed by atoms with Crippen molar-refractivity contribution in [2.75, 3.05) is 32.7 Å². The topological polar surface area (TPSA) is 32.3 Å². The van der Waals surface area contributed by atoms with Crippen LogP contribution in [-0.4, -0.2) is 43.4 Å². The molecule has 0 atom stereocenters. The number of benzene rings is 1. The largest absolute Gasteiger partial charge is 0.315 e. The molecule has 1 fully saturated rings. The minimum absolute atomic E-state index is 0.325. The van der Waals surface area contributed by atoms with Crippen molar-refractivity contribution >= 4 is 5.78 Å². The van der Waals surface area contributed by atoms with Crippen LogP contribution in [-0.2, 0) is 11.2 Å². The predicted molar refractivity (Wildman–Crippen MR) is 73.8 cm³/mol. The number of hydrogen-bond acceptors (Lipinski definition) is 3. The summed E-state index contributed by atoms with van der Waals surface area (Å²) in [4.78, 5) is 14.3. The van der Waals surface area contributed by atoms with E-state index in [0.29, 0.717) is 18.7 Å². The Morgan fingerprint density at radius 1 is 1.28 bits per heavy atom. The third-order valence-corrected chi connectivity index (χ3v) is 3.48. The molecule has 0 saturated carbocycles. The smallest absolute Gasteiger partial charge is 0.151 e. The van der Waals surface area contributed by atoms with Crippen molar-refractivity contribution in [2.45, 2.75) is 19.8 Å². The third-order valence-electron chi connectivity index (χ3n) is 3.48. The van der Waals surface area contributed by atoms with Gasteiger partial charge in [-0.3, -0.25) is 9.69 Å². The maximum absolute atomic E-state index is 12.1. The number of hydrogen-bond donors (Lipinski definition) is 1. The second-order valence-corrected chi connectivity index (χ2v) is 5.02. The Hall–Kier alpha value is -1.19. The SMILES string of the molecule is Cc1ccccc1CC(=O)CN1CCCNCC1. The van der Waals surface area contributed by atoms with Crippen LogP contribution in [0.3, 0.4) is 0 Å². The first-order chi connectivity index (χ1) is 8.75. The van der Waals surface area contributed by atoms with Crippen LogP contribution in [0.4, 0.5) is 0 Å². The number of nitrogens with one attached hydrogen (secondary N) is 1. The minimum atomic E-state index is 0.325. The molecule has 0 radical (unpaired) electrons. The Morgan fingerprint density at radius 2 is 2.11 bits per heavy atom. The molecule has 0 unspecified atom stereocenters. The highest BCUT2D eigenvalue weighted by Crippen LogP contribution is 2.08. The van der Waals surface area contributed by atoms with E-state index in [1.165, 1.54) is 5.56 Å². The highest BCUT2D eigenvalue weighted by atomic mass is 16.1. The number of nitrogens with zero attached hydrogens (tertiary/aromatic N) is 1. The van der Waals surface area contributed by atoms with Crippen molar-refractivity contribution in [3.05, 3.63) is 35.4 Å². The van der Waals surface area contributed by atoms with E-state index in [1.807, 2.05) is 12.1 Å². The Morgan fingerprint density at radius 3 is 2.94 bits per heavy atom. The molecular formula is C15H22N2O. The zero-order valence-electron chi connectivity index (χ0n) is 11.1. The van der Waals surface area contributed by atoms with E-state index in [2.05, 4.69) is 29.3 Å². The maximum Gasteiger partial charge on any atom is 0.151 e. The highest BCUT2D eigenvalue weighted by molar-refractivity contribution is 5.83. The van der Waals surface area contributed by atoms with E-state index in [9.17, 15) is 4.79 Å². The molecule has 2 rings (SSSR count). The molecule has 18 heavy (non-hydrogen) atoms. The lowest BCUT2D eigenvalue weighted by atomic mass is 10.0. The van der Waals surface area contributed by atoms with Gasteiger partial charge in [-0.2, -0.15) is 0 Å². The fourth-order valence-electron chi connectivity index (χ4n) is 2.39. The van der Waals surface area contributed by atoms with E-state index >= 15 is 0 Å². The van der Waals surface area contributed by atoms with Gasteiger partial charge in [0, 0.05) is 19.5 Å². The van der Waals surface area contributed by atoms with Crippen LogP contribution >= 0.6 is 0 Å². The van der Waals surface area contributed by atoms with E-state index < -0.39 is 0 Å². The molecule has 1 aromatic rings. The van der Waals surface area contributed by atoms with Crippen molar-refractivity contribution in [3.63, 3.8) is 0 Å². The van der Waals surface area contributed by atoms with Gasteiger partial charge in [0.2, 0.25) is 0 Å². The quantitative estimate of drug-likeness (QED) is 0.871. The predicted octanol–water partition coefficient (Wildman–Crippen LogP) is 1.40. The Kier molecular flexibility index (Phi) is 4.90. The number of Topliss-reactive ketones (excluding diaryl/α,β-unsaturated/α-hetero) is 1. The lowest BCUT2D eigenvalue weighted by molar-refractivity contribution is -0.119. The van der Waals surface area contributed by atoms with Crippen LogP contribution in [0.15, 0.2) is 24.3 Å². The fourth-order valence-corrected chi connectivity index (χ4v) is 2.39. The van der Waals surface area contributed by atoms with Gasteiger partial charge in [0.1, 0.15) is 0 Å². The lowest BCUT2D eigenvalue weighted by Crippen LogP contribution is -2.33. The van der Waals surface area contributed by atoms with Crippen LogP contribution in [0.1, 0.15) is 17.5 Å². The summed E-state index contributed by atoms with van der Waals surface area (Å²) in [7, 11) is 0. The Balaban J connectivity index is 1.86. The van der Waals surface area contributed by atoms with Gasteiger partial charge >= 0.3 is 0 Å². The number of rotatable bonds is 4. The average molecular weight is 246 g/mol. The molecule has 1 N–H and O–H groups in total. The molecule has 3 heteroatoms. The van der Waals surface area contributed by atoms with Crippen LogP contribution in [0, 0.1) is 6.92 Å². The summed E-state index contributed by atoms with van der Waals surface area (Å²) in [5, 5.41) is 3.36. The maximum atomic E-state index is 12.1. The van der Waals surface area contributed by atoms with Gasteiger partial charge in [0.15, 0.2) is 5.78 Å². The molecule has 3 nitrogen and oxygen atoms in total. The molecule has 1 aromatic carbocycles. The molecule has 0 aromatic heterocycles. The van der Waals surface area contributed by atoms with Crippen molar-refractivity contribution in [2.24, 2.45) is 0 Å². The normalized spacial score (nSPS) is 17.4. The first-order valence-electron chi connectivity index (χ1n) is 6.75. The van der Waals surface area contributed by atoms with Crippen LogP contribution in [0.25, 0.3) is 0 Å². The van der Waals surface area contributed by atoms with Crippen LogP contribution in [0.5, 0.6) is 0 Å². The number of aryl methyl sites for hydroxylation is 1. The molecule has 0 aliphatic carbocycles. The standard InChI is InChI=1S/C15H22N2O/c1-13-5-2-3-6-14(13)11-15(18)12-17-9-4-7-16-8-10-17/h2-3,5-6,16H,4,7-12H2,1H3. The number of carbonyl (C=O) groups is 1. The van der Waals surface area contributed by atoms with Crippen molar-refractivity contribution < 1.29 is 4.79 Å². The van der Waals surface area contributed by atoms with Crippen molar-refractivity contribution in [1.29, 1.82) is 0 Å². The second kappa shape index (κ2) is 6.66. The molecule has 98 valence electrons. The number of carbonyl (C=O) groups excluding carboxylic acids is 1. The summed E-state index contributed by atoms with van der Waals surface area (Å²) in [6.07, 6.45) is 1.70. The summed E-state index contributed by atoms with van der Waals surface area (Å²) >= 11 is 0. The van der Waals surface area contributed by atoms with E-state index in [-0.39, 0.29) is 0 Å². The first kappa shape index (κ1) is 13.2. The third kappa shape index (κ3) is 3.93. The minimum Gasteiger partial charge on any atom is -0.315 e. The zero-order valence-corrected chi connectivity index (χ0v) is 11.1. The highest BCUT2D eigenvalue weighted by Gasteiger charge is 2.13. The molecule has 0 bridgehead atoms. The zero-order chi connectivity index (χ0) is 12.8. The molecular weight excluding hydrogens is 224 g/mol. The van der Waals surface area contributed by atoms with E-state index in [4.69, 9.17) is 0 Å². The van der Waals surface area contributed by atoms with Crippen LogP contribution < -0.4 is 5.32 Å². The summed E-state index contributed by atoms with van der Waals surface area (Å²) in [6, 6.07) is 8.14. The van der Waals surface area contributed by atoms with Gasteiger partial charge in [-0.25, -0.2) is 0 Å². The summed E-state index contributed by atoms with van der Waals surface area (Å²) in [5.74, 6) is 0.325. The first-order valence-corrected chi connectivity index (χ1v) is 6.75. The van der Waals surface area contributed by atoms with Gasteiger partial charge < -0.3 is 5.32 Å². The van der Waals surface area contributed by atoms with Crippen molar-refractivity contribution in [3.8, 4) is 0 Å². The van der Waals surface area contributed by atoms with Gasteiger partial charge in [-0.1, -0.05) is 24.3 Å². The fraction of sp³-hybridized carbons (Fsp3) is 0.533. The van der Waals surface area contributed by atoms with E-state index in [0.717, 1.165) is 38.2 Å². The Labute approximate surface area is 109 Å². The summed E-state index contributed by atoms with van der Waals surface area (Å²) in [6.45, 7) is 6.75. The average Bonchev–Trinajstić information content (AvgIpc) is 2.61. The lowest BCUT2D eigenvalue weighted by Gasteiger charge is -2.18. The molecule has 1 aliphatic rings. The Bertz CT molecular complexity index is 395. The second-order valence-electron chi connectivity index (χ2n) is 5.02. The summed E-state index contributed by atoms with van der Waals surface area (Å²) < 4.78 is 0. The molecule has 1 heterocycles. The summed E-state index contributed by atoms with van der Waals surface area (Å²) in [5.41, 5.74) is 2.37. The monoisotopic (exact) mass is 246 g/mol. The van der Waals surface area contributed by atoms with E-state index in [1.54, 1.807) is 0 Å². The van der Waals surface area contributed by atoms with Gasteiger partial charge in [-0.15, -0.1) is 0 Å². The molecule has 0 spiro atoms. The number of ketones is 1.